The Morgan fingerprint density at radius 3 is 1.99 bits per heavy atom. The molecule has 1 aromatic heterocycles. The minimum atomic E-state index is -5.31. The monoisotopic (exact) mass is 1250 g/mol. The molecule has 4 heterocycles. The predicted molar refractivity (Wildman–Crippen MR) is 304 cm³/mol. The summed E-state index contributed by atoms with van der Waals surface area (Å²) in [6.45, 7) is 6.37. The van der Waals surface area contributed by atoms with Gasteiger partial charge in [0.2, 0.25) is 23.6 Å². The van der Waals surface area contributed by atoms with Crippen LogP contribution in [0.2, 0.25) is 0 Å². The topological polar surface area (TPSA) is 436 Å². The molecule has 30 nitrogen and oxygen atoms in total. The number of nitrogen functional groups attached to an aromatic ring is 1. The molecule has 1 aromatic rings. The van der Waals surface area contributed by atoms with E-state index in [1.54, 1.807) is 0 Å². The number of ether oxygens (including phenoxy) is 5. The first-order valence-corrected chi connectivity index (χ1v) is 32.5. The molecular weight excluding hydrogens is 1160 g/mol. The number of ketones is 2. The van der Waals surface area contributed by atoms with Gasteiger partial charge < -0.3 is 75.4 Å². The van der Waals surface area contributed by atoms with Crippen molar-refractivity contribution in [2.75, 3.05) is 78.3 Å². The molecule has 4 amide bonds. The average Bonchev–Trinajstić information content (AvgIpc) is 2.89. The van der Waals surface area contributed by atoms with Crippen molar-refractivity contribution in [1.82, 2.24) is 30.8 Å². The highest BCUT2D eigenvalue weighted by atomic mass is 31.2. The lowest BCUT2D eigenvalue weighted by Gasteiger charge is -2.21. The highest BCUT2D eigenvalue weighted by Gasteiger charge is 2.49. The Morgan fingerprint density at radius 1 is 0.753 bits per heavy atom. The standard InChI is InChI=1S/C53H91N9O21P2/c1-37-38(34-46(67)57-37)14-6-3-7-16-40(63)18-13-26-77-28-30-79-32-33-80-31-29-78-27-22-41(64)17-8-4-9-19-42(58-45(66)20-10-5-11-24-55-44(65)21-23-53(2)60-61-53)50(69)56-25-12-15-39-35-62(52(70)59-49(39)54)51-47(68)48(83-85(74,75)76)43(82-51)36-81-84(71,72)73/h35,37-38,42-43,47-48,51,68H,3-34,36H2,1-2H3,(H,55,65)(H,56,69)(H,57,67)(H,58,66)(H2,54,59,70)(H2,71,72,73)(H2,74,75,76)/t37-,38-,42-,43+,47-,48?,51+/m0/s1. The number of nitrogens with one attached hydrogen (secondary N) is 4. The summed E-state index contributed by atoms with van der Waals surface area (Å²) in [7, 11) is -10.4. The molecule has 7 atom stereocenters. The van der Waals surface area contributed by atoms with Crippen LogP contribution in [0, 0.1) is 5.92 Å². The second kappa shape index (κ2) is 38.7. The van der Waals surface area contributed by atoms with Gasteiger partial charge in [0.1, 0.15) is 41.7 Å². The second-order valence-corrected chi connectivity index (χ2v) is 24.2. The molecule has 0 aromatic carbocycles. The van der Waals surface area contributed by atoms with Gasteiger partial charge >= 0.3 is 21.3 Å². The number of phosphoric ester groups is 2. The zero-order valence-corrected chi connectivity index (χ0v) is 50.8. The Kier molecular flexibility index (Phi) is 33.2. The summed E-state index contributed by atoms with van der Waals surface area (Å²) in [5, 5.41) is 30.2. The third-order valence-electron chi connectivity index (χ3n) is 14.5. The van der Waals surface area contributed by atoms with Crippen LogP contribution in [-0.4, -0.2) is 178 Å². The molecule has 484 valence electrons. The van der Waals surface area contributed by atoms with E-state index in [9.17, 15) is 57.6 Å². The van der Waals surface area contributed by atoms with E-state index < -0.39 is 70.1 Å². The Hall–Kier alpha value is -4.52. The van der Waals surface area contributed by atoms with E-state index in [0.29, 0.717) is 142 Å². The third-order valence-corrected chi connectivity index (χ3v) is 15.5. The third kappa shape index (κ3) is 31.3. The first-order valence-electron chi connectivity index (χ1n) is 29.5. The number of aromatic nitrogens is 2. The maximum Gasteiger partial charge on any atom is 0.470 e. The zero-order valence-electron chi connectivity index (χ0n) is 49.0. The summed E-state index contributed by atoms with van der Waals surface area (Å²) in [5.41, 5.74) is 4.77. The number of rotatable bonds is 49. The van der Waals surface area contributed by atoms with Crippen molar-refractivity contribution < 1.29 is 95.3 Å². The number of carbonyl (C=O) groups excluding carboxylic acids is 6. The van der Waals surface area contributed by atoms with Crippen LogP contribution < -0.4 is 32.7 Å². The highest BCUT2D eigenvalue weighted by Crippen LogP contribution is 2.45. The molecule has 3 aliphatic heterocycles. The fourth-order valence-corrected chi connectivity index (χ4v) is 10.5. The predicted octanol–water partition coefficient (Wildman–Crippen LogP) is 2.64. The normalized spacial score (nSPS) is 20.3. The maximum atomic E-state index is 13.6. The molecule has 1 unspecified atom stereocenters. The van der Waals surface area contributed by atoms with Gasteiger partial charge in [0.15, 0.2) is 11.9 Å². The van der Waals surface area contributed by atoms with Crippen molar-refractivity contribution in [1.29, 1.82) is 0 Å². The van der Waals surface area contributed by atoms with Crippen LogP contribution >= 0.6 is 15.6 Å². The van der Waals surface area contributed by atoms with E-state index in [-0.39, 0.29) is 92.0 Å². The van der Waals surface area contributed by atoms with Crippen molar-refractivity contribution in [3.8, 4) is 0 Å². The number of aliphatic hydroxyl groups excluding tert-OH is 1. The van der Waals surface area contributed by atoms with Crippen molar-refractivity contribution in [3.05, 3.63) is 22.2 Å². The van der Waals surface area contributed by atoms with Crippen molar-refractivity contribution in [2.24, 2.45) is 16.1 Å². The fourth-order valence-electron chi connectivity index (χ4n) is 9.55. The van der Waals surface area contributed by atoms with Crippen molar-refractivity contribution in [3.63, 3.8) is 0 Å². The van der Waals surface area contributed by atoms with Gasteiger partial charge in [-0.2, -0.15) is 15.2 Å². The van der Waals surface area contributed by atoms with E-state index in [4.69, 9.17) is 39.2 Å². The molecule has 2 fully saturated rings. The van der Waals surface area contributed by atoms with Gasteiger partial charge in [0, 0.05) is 88.9 Å². The van der Waals surface area contributed by atoms with Gasteiger partial charge in [0.25, 0.3) is 0 Å². The Balaban J connectivity index is 1.09. The van der Waals surface area contributed by atoms with Gasteiger partial charge in [-0.25, -0.2) is 13.9 Å². The molecule has 4 rings (SSSR count). The van der Waals surface area contributed by atoms with Crippen LogP contribution in [0.5, 0.6) is 0 Å². The number of anilines is 1. The summed E-state index contributed by atoms with van der Waals surface area (Å²) in [6.07, 6.45) is 5.77. The quantitative estimate of drug-likeness (QED) is 0.0331. The number of amides is 4. The zero-order chi connectivity index (χ0) is 62.3. The van der Waals surface area contributed by atoms with E-state index in [2.05, 4.69) is 45.5 Å². The maximum absolute atomic E-state index is 13.6. The van der Waals surface area contributed by atoms with Crippen LogP contribution in [0.3, 0.4) is 0 Å². The van der Waals surface area contributed by atoms with E-state index in [0.717, 1.165) is 30.3 Å². The van der Waals surface area contributed by atoms with Crippen LogP contribution in [0.25, 0.3) is 0 Å². The lowest BCUT2D eigenvalue weighted by molar-refractivity contribution is -0.129. The number of hydrogen-bond donors (Lipinski definition) is 10. The van der Waals surface area contributed by atoms with Crippen molar-refractivity contribution >= 4 is 56.7 Å². The average molecular weight is 1250 g/mol. The first-order chi connectivity index (χ1) is 40.4. The van der Waals surface area contributed by atoms with E-state index >= 15 is 0 Å². The number of aliphatic hydroxyl groups is 1. The molecule has 0 bridgehead atoms. The highest BCUT2D eigenvalue weighted by molar-refractivity contribution is 7.46. The number of nitrogens with zero attached hydrogens (tertiary/aromatic N) is 4. The number of carbonyl (C=O) groups is 6. The molecule has 0 spiro atoms. The minimum Gasteiger partial charge on any atom is -0.386 e. The molecule has 0 radical (unpaired) electrons. The Morgan fingerprint density at radius 2 is 1.35 bits per heavy atom. The first kappa shape index (κ1) is 73.0. The van der Waals surface area contributed by atoms with Crippen molar-refractivity contribution in [2.45, 2.75) is 197 Å². The fraction of sp³-hybridized carbons (Fsp3) is 0.811. The number of Topliss-reactive ketones (excluding diaryl/α,β-unsaturated/α-hetero) is 2. The largest absolute Gasteiger partial charge is 0.470 e. The van der Waals surface area contributed by atoms with Gasteiger partial charge in [0.05, 0.1) is 52.9 Å². The molecule has 85 heavy (non-hydrogen) atoms. The molecule has 2 saturated heterocycles. The number of unbranched alkanes of at least 4 members (excludes halogenated alkanes) is 6. The molecule has 11 N–H and O–H groups in total. The number of hydrogen-bond acceptors (Lipinski definition) is 21. The molecule has 32 heteroatoms. The summed E-state index contributed by atoms with van der Waals surface area (Å²) in [4.78, 5) is 129. The van der Waals surface area contributed by atoms with Gasteiger partial charge in [-0.1, -0.05) is 32.1 Å². The SMILES string of the molecule is C[C@@H]1NC(=O)C[C@@H]1CCCCCC(=O)CCCOCCOCCOCCOCCC(=O)CCCCC[C@H](NC(=O)CCCCCNC(=O)CCC1(C)N=N1)C(=O)NCCCc1cn([C@@H]2O[C@H](COP(=O)(O)O)C(OP(=O)(O)O)[C@@H]2O)c(=O)nc1N. The number of nitrogens with two attached hydrogens (primary N) is 1. The minimum absolute atomic E-state index is 0.0206. The van der Waals surface area contributed by atoms with Crippen LogP contribution in [-0.2, 0) is 77.0 Å². The molecule has 0 aliphatic carbocycles. The van der Waals surface area contributed by atoms with Gasteiger partial charge in [-0.15, -0.1) is 0 Å². The summed E-state index contributed by atoms with van der Waals surface area (Å²) in [6, 6.07) is -0.677. The lowest BCUT2D eigenvalue weighted by Crippen LogP contribution is -2.47. The second-order valence-electron chi connectivity index (χ2n) is 21.7. The molecule has 0 saturated carbocycles. The van der Waals surface area contributed by atoms with E-state index in [1.807, 2.05) is 13.8 Å². The van der Waals surface area contributed by atoms with Gasteiger partial charge in [-0.05, 0) is 77.6 Å². The summed E-state index contributed by atoms with van der Waals surface area (Å²) >= 11 is 0. The number of phosphoric acid groups is 2. The molecular formula is C53H91N9O21P2. The van der Waals surface area contributed by atoms with E-state index in [1.165, 1.54) is 6.20 Å². The van der Waals surface area contributed by atoms with Crippen LogP contribution in [0.15, 0.2) is 21.2 Å². The molecule has 3 aliphatic rings. The summed E-state index contributed by atoms with van der Waals surface area (Å²) in [5.74, 6) is -0.315. The van der Waals surface area contributed by atoms with Gasteiger partial charge in [-0.3, -0.25) is 42.4 Å². The van der Waals surface area contributed by atoms with Crippen LogP contribution in [0.1, 0.15) is 160 Å². The summed E-state index contributed by atoms with van der Waals surface area (Å²) < 4.78 is 60.6. The Bertz CT molecular complexity index is 2440. The van der Waals surface area contributed by atoms with Crippen LogP contribution in [0.4, 0.5) is 5.82 Å². The Labute approximate surface area is 495 Å². The smallest absolute Gasteiger partial charge is 0.386 e. The lowest BCUT2D eigenvalue weighted by atomic mass is 9.94. The number of aryl methyl sites for hydroxylation is 1.